The zero-order valence-electron chi connectivity index (χ0n) is 18.0. The molecule has 1 amide bonds. The van der Waals surface area contributed by atoms with Crippen molar-refractivity contribution in [1.82, 2.24) is 19.9 Å². The highest BCUT2D eigenvalue weighted by Crippen LogP contribution is 2.25. The average molecular weight is 439 g/mol. The lowest BCUT2D eigenvalue weighted by Gasteiger charge is -1.99. The van der Waals surface area contributed by atoms with Crippen molar-refractivity contribution < 1.29 is 18.1 Å². The second kappa shape index (κ2) is 9.95. The summed E-state index contributed by atoms with van der Waals surface area (Å²) in [6.07, 6.45) is 2.77. The second-order valence-electron chi connectivity index (χ2n) is 7.16. The monoisotopic (exact) mass is 439 g/mol. The van der Waals surface area contributed by atoms with E-state index in [1.807, 2.05) is 31.3 Å². The van der Waals surface area contributed by atoms with Crippen LogP contribution >= 0.6 is 0 Å². The molecule has 0 atom stereocenters. The third kappa shape index (κ3) is 5.42. The molecule has 4 rings (SSSR count). The minimum Gasteiger partial charge on any atom is -0.369 e. The van der Waals surface area contributed by atoms with Gasteiger partial charge < -0.3 is 10.3 Å². The van der Waals surface area contributed by atoms with Crippen LogP contribution in [0.4, 0.5) is 8.78 Å². The molecule has 2 aromatic carbocycles. The highest BCUT2D eigenvalue weighted by molar-refractivity contribution is 5.76. The Labute approximate surface area is 183 Å². The van der Waals surface area contributed by atoms with Crippen LogP contribution in [-0.2, 0) is 24.7 Å². The first kappa shape index (κ1) is 22.8. The van der Waals surface area contributed by atoms with Gasteiger partial charge in [0.25, 0.3) is 5.89 Å². The number of carbonyl (C=O) groups is 1. The van der Waals surface area contributed by atoms with E-state index in [4.69, 9.17) is 10.3 Å². The van der Waals surface area contributed by atoms with Crippen molar-refractivity contribution >= 4 is 5.91 Å². The van der Waals surface area contributed by atoms with Crippen molar-refractivity contribution in [2.45, 2.75) is 26.7 Å². The van der Waals surface area contributed by atoms with Crippen LogP contribution in [-0.4, -0.2) is 25.8 Å². The Hall–Kier alpha value is -3.88. The number of benzene rings is 2. The highest BCUT2D eigenvalue weighted by atomic mass is 19.2. The molecule has 0 saturated heterocycles. The van der Waals surface area contributed by atoms with Gasteiger partial charge in [-0.1, -0.05) is 42.4 Å². The predicted octanol–water partition coefficient (Wildman–Crippen LogP) is 4.00. The lowest BCUT2D eigenvalue weighted by molar-refractivity contribution is -0.117. The first-order valence-electron chi connectivity index (χ1n) is 9.92. The number of hydrogen-bond donors (Lipinski definition) is 1. The number of rotatable bonds is 5. The van der Waals surface area contributed by atoms with Gasteiger partial charge in [-0.25, -0.2) is 8.78 Å². The fourth-order valence-electron chi connectivity index (χ4n) is 3.08. The van der Waals surface area contributed by atoms with Gasteiger partial charge in [-0.2, -0.15) is 10.1 Å². The third-order valence-electron chi connectivity index (χ3n) is 4.72. The van der Waals surface area contributed by atoms with E-state index < -0.39 is 11.6 Å². The van der Waals surface area contributed by atoms with Crippen molar-refractivity contribution in [2.24, 2.45) is 12.8 Å². The molecular formula is C23H23F2N5O2. The molecule has 0 aliphatic carbocycles. The van der Waals surface area contributed by atoms with Crippen LogP contribution in [0.1, 0.15) is 23.7 Å². The fourth-order valence-corrected chi connectivity index (χ4v) is 3.08. The lowest BCUT2D eigenvalue weighted by atomic mass is 10.1. The van der Waals surface area contributed by atoms with E-state index in [0.29, 0.717) is 11.7 Å². The van der Waals surface area contributed by atoms with Gasteiger partial charge in [-0.3, -0.25) is 9.48 Å². The fraction of sp³-hybridized carbons (Fsp3) is 0.217. The number of amides is 1. The maximum atomic E-state index is 12.2. The van der Waals surface area contributed by atoms with Gasteiger partial charge in [0.2, 0.25) is 11.7 Å². The smallest absolute Gasteiger partial charge is 0.261 e. The molecular weight excluding hydrogens is 416 g/mol. The Morgan fingerprint density at radius 3 is 2.44 bits per heavy atom. The summed E-state index contributed by atoms with van der Waals surface area (Å²) < 4.78 is 31.5. The van der Waals surface area contributed by atoms with Crippen LogP contribution in [0.25, 0.3) is 22.8 Å². The molecule has 0 aliphatic rings. The minimum atomic E-state index is -0.791. The predicted molar refractivity (Wildman–Crippen MR) is 115 cm³/mol. The quantitative estimate of drug-likeness (QED) is 0.507. The SMILES string of the molecule is CCc1c(-c2nc(-c3ccc(CC(N)=O)cc3)no2)cnn1C.Cc1ccc(F)c(F)c1. The van der Waals surface area contributed by atoms with Gasteiger partial charge in [-0.15, -0.1) is 0 Å². The number of aromatic nitrogens is 4. The largest absolute Gasteiger partial charge is 0.369 e. The van der Waals surface area contributed by atoms with Crippen LogP contribution in [0.2, 0.25) is 0 Å². The summed E-state index contributed by atoms with van der Waals surface area (Å²) in [5.74, 6) is -0.985. The van der Waals surface area contributed by atoms with Gasteiger partial charge in [0.05, 0.1) is 23.9 Å². The van der Waals surface area contributed by atoms with Crippen LogP contribution < -0.4 is 5.73 Å². The second-order valence-corrected chi connectivity index (χ2v) is 7.16. The van der Waals surface area contributed by atoms with Crippen molar-refractivity contribution in [1.29, 1.82) is 0 Å². The molecule has 7 nitrogen and oxygen atoms in total. The van der Waals surface area contributed by atoms with Crippen LogP contribution in [0, 0.1) is 18.6 Å². The third-order valence-corrected chi connectivity index (χ3v) is 4.72. The molecule has 32 heavy (non-hydrogen) atoms. The Balaban J connectivity index is 0.000000269. The van der Waals surface area contributed by atoms with E-state index in [1.54, 1.807) is 17.8 Å². The van der Waals surface area contributed by atoms with E-state index >= 15 is 0 Å². The van der Waals surface area contributed by atoms with Crippen molar-refractivity contribution in [3.8, 4) is 22.8 Å². The van der Waals surface area contributed by atoms with Gasteiger partial charge >= 0.3 is 0 Å². The molecule has 0 saturated carbocycles. The number of hydrogen-bond acceptors (Lipinski definition) is 5. The Bertz CT molecular complexity index is 1220. The van der Waals surface area contributed by atoms with Gasteiger partial charge in [0.15, 0.2) is 11.6 Å². The lowest BCUT2D eigenvalue weighted by Crippen LogP contribution is -2.13. The Morgan fingerprint density at radius 2 is 1.84 bits per heavy atom. The van der Waals surface area contributed by atoms with Gasteiger partial charge in [0, 0.05) is 12.6 Å². The molecule has 0 unspecified atom stereocenters. The molecule has 0 bridgehead atoms. The summed E-state index contributed by atoms with van der Waals surface area (Å²) in [7, 11) is 1.89. The number of halogens is 2. The van der Waals surface area contributed by atoms with Crippen molar-refractivity contribution in [2.75, 3.05) is 0 Å². The molecule has 0 radical (unpaired) electrons. The van der Waals surface area contributed by atoms with Crippen molar-refractivity contribution in [3.63, 3.8) is 0 Å². The van der Waals surface area contributed by atoms with Crippen LogP contribution in [0.5, 0.6) is 0 Å². The first-order valence-corrected chi connectivity index (χ1v) is 9.92. The van der Waals surface area contributed by atoms with Gasteiger partial charge in [-0.05, 0) is 36.6 Å². The number of carbonyl (C=O) groups excluding carboxylic acids is 1. The molecule has 0 spiro atoms. The van der Waals surface area contributed by atoms with E-state index in [0.717, 1.165) is 46.5 Å². The van der Waals surface area contributed by atoms with Crippen LogP contribution in [0.3, 0.4) is 0 Å². The van der Waals surface area contributed by atoms with Crippen molar-refractivity contribution in [3.05, 3.63) is 77.1 Å². The van der Waals surface area contributed by atoms with E-state index in [1.165, 1.54) is 6.07 Å². The highest BCUT2D eigenvalue weighted by Gasteiger charge is 2.16. The average Bonchev–Trinajstić information content (AvgIpc) is 3.38. The van der Waals surface area contributed by atoms with Gasteiger partial charge in [0.1, 0.15) is 0 Å². The summed E-state index contributed by atoms with van der Waals surface area (Å²) in [4.78, 5) is 15.4. The Kier molecular flexibility index (Phi) is 7.09. The molecule has 2 aromatic heterocycles. The molecule has 2 heterocycles. The summed E-state index contributed by atoms with van der Waals surface area (Å²) in [6.45, 7) is 3.76. The van der Waals surface area contributed by atoms with E-state index in [2.05, 4.69) is 22.2 Å². The zero-order valence-corrected chi connectivity index (χ0v) is 18.0. The molecule has 166 valence electrons. The number of nitrogens with two attached hydrogens (primary N) is 1. The summed E-state index contributed by atoms with van der Waals surface area (Å²) in [5.41, 5.74) is 9.47. The summed E-state index contributed by atoms with van der Waals surface area (Å²) >= 11 is 0. The molecule has 4 aromatic rings. The molecule has 9 heteroatoms. The normalized spacial score (nSPS) is 10.5. The minimum absolute atomic E-state index is 0.216. The standard InChI is InChI=1S/C16H17N5O2.C7H6F2/c1-3-13-12(9-18-21(13)2)16-19-15(20-23-16)11-6-4-10(5-7-11)8-14(17)22;1-5-2-3-6(8)7(9)4-5/h4-7,9H,3,8H2,1-2H3,(H2,17,22);2-4H,1H3. The topological polar surface area (TPSA) is 99.8 Å². The van der Waals surface area contributed by atoms with E-state index in [-0.39, 0.29) is 12.3 Å². The van der Waals surface area contributed by atoms with E-state index in [9.17, 15) is 13.6 Å². The number of nitrogens with zero attached hydrogens (tertiary/aromatic N) is 4. The first-order chi connectivity index (χ1) is 15.3. The number of aryl methyl sites for hydroxylation is 2. The summed E-state index contributed by atoms with van der Waals surface area (Å²) in [5, 5.41) is 8.25. The maximum Gasteiger partial charge on any atom is 0.261 e. The molecule has 2 N–H and O–H groups in total. The Morgan fingerprint density at radius 1 is 1.12 bits per heavy atom. The molecule has 0 fully saturated rings. The summed E-state index contributed by atoms with van der Waals surface area (Å²) in [6, 6.07) is 11.2. The molecule has 0 aliphatic heterocycles. The number of primary amides is 1. The maximum absolute atomic E-state index is 12.2. The zero-order chi connectivity index (χ0) is 23.3. The van der Waals surface area contributed by atoms with Crippen LogP contribution in [0.15, 0.2) is 53.2 Å².